The van der Waals surface area contributed by atoms with Gasteiger partial charge in [-0.05, 0) is 68.4 Å². The van der Waals surface area contributed by atoms with E-state index in [0.717, 1.165) is 27.9 Å². The molecule has 1 aromatic rings. The number of nitrogens with zero attached hydrogens (tertiary/aromatic N) is 2. The number of halogens is 1. The van der Waals surface area contributed by atoms with Crippen molar-refractivity contribution in [3.63, 3.8) is 0 Å². The van der Waals surface area contributed by atoms with E-state index >= 15 is 0 Å². The third kappa shape index (κ3) is 3.52. The number of anilines is 1. The van der Waals surface area contributed by atoms with Gasteiger partial charge >= 0.3 is 10.2 Å². The van der Waals surface area contributed by atoms with Crippen molar-refractivity contribution in [3.8, 4) is 0 Å². The van der Waals surface area contributed by atoms with E-state index in [1.807, 2.05) is 0 Å². The van der Waals surface area contributed by atoms with Crippen LogP contribution in [0.1, 0.15) is 38.5 Å². The van der Waals surface area contributed by atoms with Gasteiger partial charge in [-0.1, -0.05) is 12.1 Å². The predicted octanol–water partition coefficient (Wildman–Crippen LogP) is 2.52. The van der Waals surface area contributed by atoms with Crippen molar-refractivity contribution in [1.82, 2.24) is 9.62 Å². The summed E-state index contributed by atoms with van der Waals surface area (Å²) in [6.07, 6.45) is 6.70. The van der Waals surface area contributed by atoms with Crippen LogP contribution in [0, 0.1) is 23.6 Å². The highest BCUT2D eigenvalue weighted by Crippen LogP contribution is 2.55. The molecule has 1 amide bonds. The minimum atomic E-state index is -4.01. The maximum atomic E-state index is 14.3. The van der Waals surface area contributed by atoms with Gasteiger partial charge in [0.05, 0.1) is 5.69 Å². The molecule has 4 aliphatic carbocycles. The van der Waals surface area contributed by atoms with Crippen LogP contribution in [0.5, 0.6) is 0 Å². The largest absolute Gasteiger partial charge is 0.349 e. The van der Waals surface area contributed by atoms with Crippen molar-refractivity contribution in [3.05, 3.63) is 30.1 Å². The summed E-state index contributed by atoms with van der Waals surface area (Å²) in [6.45, 7) is -0.427. The topological polar surface area (TPSA) is 69.7 Å². The molecular weight excluding hydrogens is 381 g/mol. The van der Waals surface area contributed by atoms with E-state index in [1.54, 1.807) is 6.07 Å². The van der Waals surface area contributed by atoms with Crippen molar-refractivity contribution in [2.24, 2.45) is 17.8 Å². The summed E-state index contributed by atoms with van der Waals surface area (Å²) in [7, 11) is -1.26. The molecule has 0 unspecified atom stereocenters. The first-order chi connectivity index (χ1) is 13.2. The third-order valence-corrected chi connectivity index (χ3v) is 8.40. The van der Waals surface area contributed by atoms with Gasteiger partial charge in [-0.3, -0.25) is 4.79 Å². The summed E-state index contributed by atoms with van der Waals surface area (Å²) in [4.78, 5) is 12.9. The van der Waals surface area contributed by atoms with E-state index in [-0.39, 0.29) is 17.1 Å². The van der Waals surface area contributed by atoms with Crippen LogP contribution in [0.2, 0.25) is 0 Å². The quantitative estimate of drug-likeness (QED) is 0.785. The fourth-order valence-electron chi connectivity index (χ4n) is 5.87. The lowest BCUT2D eigenvalue weighted by Gasteiger charge is -2.57. The standard InChI is InChI=1S/C20H28FN3O3S/c1-23(2)28(26,27)24(18-6-4-3-5-17(18)21)13-19(25)22-20-10-14-7-15(11-20)9-16(8-14)12-20/h3-6,14-16H,7-13H2,1-2H3,(H,22,25). The molecule has 0 heterocycles. The Hall–Kier alpha value is -1.67. The van der Waals surface area contributed by atoms with Gasteiger partial charge in [-0.15, -0.1) is 0 Å². The summed E-state index contributed by atoms with van der Waals surface area (Å²) in [5.41, 5.74) is -0.328. The zero-order valence-corrected chi connectivity index (χ0v) is 17.2. The first-order valence-electron chi connectivity index (χ1n) is 9.94. The van der Waals surface area contributed by atoms with Crippen LogP contribution in [-0.4, -0.2) is 44.8 Å². The number of hydrogen-bond acceptors (Lipinski definition) is 3. The second-order valence-corrected chi connectivity index (χ2v) is 11.1. The molecule has 0 radical (unpaired) electrons. The number of hydrogen-bond donors (Lipinski definition) is 1. The van der Waals surface area contributed by atoms with Gasteiger partial charge in [0.2, 0.25) is 5.91 Å². The summed E-state index contributed by atoms with van der Waals surface area (Å²) in [6, 6.07) is 5.64. The molecule has 4 fully saturated rings. The number of amides is 1. The molecule has 0 spiro atoms. The normalized spacial score (nSPS) is 31.2. The lowest BCUT2D eigenvalue weighted by molar-refractivity contribution is -0.125. The van der Waals surface area contributed by atoms with Gasteiger partial charge in [-0.2, -0.15) is 12.7 Å². The Morgan fingerprint density at radius 2 is 1.64 bits per heavy atom. The molecule has 28 heavy (non-hydrogen) atoms. The van der Waals surface area contributed by atoms with Crippen LogP contribution < -0.4 is 9.62 Å². The number of carbonyl (C=O) groups is 1. The molecule has 8 heteroatoms. The van der Waals surface area contributed by atoms with Crippen LogP contribution in [-0.2, 0) is 15.0 Å². The van der Waals surface area contributed by atoms with E-state index in [2.05, 4.69) is 5.32 Å². The maximum absolute atomic E-state index is 14.3. The molecule has 4 bridgehead atoms. The second kappa shape index (κ2) is 6.99. The van der Waals surface area contributed by atoms with Gasteiger partial charge in [0.25, 0.3) is 0 Å². The molecule has 0 aromatic heterocycles. The summed E-state index contributed by atoms with van der Waals surface area (Å²) < 4.78 is 41.8. The molecule has 0 saturated heterocycles. The number of carbonyl (C=O) groups excluding carboxylic acids is 1. The summed E-state index contributed by atoms with van der Waals surface area (Å²) in [5.74, 6) is 0.963. The van der Waals surface area contributed by atoms with Crippen LogP contribution in [0.15, 0.2) is 24.3 Å². The number of benzene rings is 1. The van der Waals surface area contributed by atoms with Gasteiger partial charge in [0.15, 0.2) is 0 Å². The van der Waals surface area contributed by atoms with E-state index in [9.17, 15) is 17.6 Å². The molecule has 1 aromatic carbocycles. The Morgan fingerprint density at radius 1 is 1.11 bits per heavy atom. The van der Waals surface area contributed by atoms with Gasteiger partial charge in [0, 0.05) is 19.6 Å². The molecule has 6 nitrogen and oxygen atoms in total. The van der Waals surface area contributed by atoms with Crippen LogP contribution in [0.4, 0.5) is 10.1 Å². The smallest absolute Gasteiger partial charge is 0.304 e. The Labute approximate surface area is 166 Å². The minimum Gasteiger partial charge on any atom is -0.349 e. The van der Waals surface area contributed by atoms with Crippen LogP contribution in [0.25, 0.3) is 0 Å². The van der Waals surface area contributed by atoms with Gasteiger partial charge in [0.1, 0.15) is 12.4 Å². The van der Waals surface area contributed by atoms with E-state index in [4.69, 9.17) is 0 Å². The van der Waals surface area contributed by atoms with Gasteiger partial charge in [-0.25, -0.2) is 8.70 Å². The highest BCUT2D eigenvalue weighted by atomic mass is 32.2. The Kier molecular flexibility index (Phi) is 4.90. The first kappa shape index (κ1) is 19.6. The van der Waals surface area contributed by atoms with Crippen LogP contribution >= 0.6 is 0 Å². The molecule has 4 saturated carbocycles. The second-order valence-electron chi connectivity index (χ2n) is 8.99. The number of nitrogens with one attached hydrogen (secondary N) is 1. The number of rotatable bonds is 6. The molecule has 5 rings (SSSR count). The van der Waals surface area contributed by atoms with E-state index in [1.165, 1.54) is 51.6 Å². The Bertz CT molecular complexity index is 836. The highest BCUT2D eigenvalue weighted by molar-refractivity contribution is 7.90. The molecular formula is C20H28FN3O3S. The van der Waals surface area contributed by atoms with E-state index in [0.29, 0.717) is 17.8 Å². The van der Waals surface area contributed by atoms with Crippen LogP contribution in [0.3, 0.4) is 0 Å². The lowest BCUT2D eigenvalue weighted by Crippen LogP contribution is -2.61. The van der Waals surface area contributed by atoms with Crippen molar-refractivity contribution in [1.29, 1.82) is 0 Å². The third-order valence-electron chi connectivity index (χ3n) is 6.59. The molecule has 0 atom stereocenters. The molecule has 4 aliphatic rings. The summed E-state index contributed by atoms with van der Waals surface area (Å²) >= 11 is 0. The Morgan fingerprint density at radius 3 is 2.14 bits per heavy atom. The zero-order chi connectivity index (χ0) is 20.1. The average Bonchev–Trinajstić information content (AvgIpc) is 2.58. The molecule has 1 N–H and O–H groups in total. The average molecular weight is 410 g/mol. The fraction of sp³-hybridized carbons (Fsp3) is 0.650. The van der Waals surface area contributed by atoms with Crippen molar-refractivity contribution in [2.45, 2.75) is 44.1 Å². The molecule has 0 aliphatic heterocycles. The van der Waals surface area contributed by atoms with Crippen molar-refractivity contribution < 1.29 is 17.6 Å². The lowest BCUT2D eigenvalue weighted by atomic mass is 9.53. The van der Waals surface area contributed by atoms with Crippen molar-refractivity contribution >= 4 is 21.8 Å². The maximum Gasteiger partial charge on any atom is 0.304 e. The predicted molar refractivity (Wildman–Crippen MR) is 105 cm³/mol. The van der Waals surface area contributed by atoms with Gasteiger partial charge < -0.3 is 5.32 Å². The minimum absolute atomic E-state index is 0.114. The SMILES string of the molecule is CN(C)S(=O)(=O)N(CC(=O)NC12CC3CC(CC(C3)C1)C2)c1ccccc1F. The zero-order valence-electron chi connectivity index (χ0n) is 16.4. The summed E-state index contributed by atoms with van der Waals surface area (Å²) in [5, 5.41) is 3.17. The fourth-order valence-corrected chi connectivity index (χ4v) is 6.94. The van der Waals surface area contributed by atoms with E-state index < -0.39 is 22.6 Å². The van der Waals surface area contributed by atoms with Crippen molar-refractivity contribution in [2.75, 3.05) is 24.9 Å². The molecule has 154 valence electrons. The highest BCUT2D eigenvalue weighted by Gasteiger charge is 2.51. The first-order valence-corrected chi connectivity index (χ1v) is 11.3. The number of para-hydroxylation sites is 1. The Balaban J connectivity index is 1.56. The monoisotopic (exact) mass is 409 g/mol.